The van der Waals surface area contributed by atoms with Gasteiger partial charge >= 0.3 is 0 Å². The van der Waals surface area contributed by atoms with Gasteiger partial charge in [0.1, 0.15) is 0 Å². The summed E-state index contributed by atoms with van der Waals surface area (Å²) < 4.78 is 0. The van der Waals surface area contributed by atoms with Crippen LogP contribution in [-0.2, 0) is 39.0 Å². The van der Waals surface area contributed by atoms with Crippen LogP contribution >= 0.6 is 24.8 Å². The first kappa shape index (κ1) is 26.1. The number of unbranched alkanes of at least 4 members (excludes halogenated alkanes) is 2. The van der Waals surface area contributed by atoms with Crippen molar-refractivity contribution in [2.24, 2.45) is 0 Å². The molecule has 0 saturated heterocycles. The maximum absolute atomic E-state index is 2.29. The molecule has 0 unspecified atom stereocenters. The van der Waals surface area contributed by atoms with Gasteiger partial charge in [-0.25, -0.2) is 12.1 Å². The van der Waals surface area contributed by atoms with E-state index < -0.39 is 0 Å². The Balaban J connectivity index is -0.000000349. The first-order chi connectivity index (χ1) is 8.88. The summed E-state index contributed by atoms with van der Waals surface area (Å²) in [5.74, 6) is 0. The van der Waals surface area contributed by atoms with Crippen LogP contribution in [0.4, 0.5) is 0 Å². The van der Waals surface area contributed by atoms with Gasteiger partial charge in [-0.3, -0.25) is 0 Å². The number of rotatable bonds is 6. The van der Waals surface area contributed by atoms with Crippen molar-refractivity contribution in [1.29, 1.82) is 0 Å². The molecular formula is C18H28Cl2Zr-6. The second-order valence-electron chi connectivity index (χ2n) is 4.75. The molecule has 0 aromatic heterocycles. The Bertz CT molecular complexity index is 340. The standard InChI is InChI=1S/C13H21.C5H5.2ClH.Zr/c1-3-5-8-12-10-7-11-13(12)9-6-4-2;1-2-4-5-3-1;;;/h7,10-11H,3-6,8-9H2,1-2H3;1-5H;2*1H;/q-1;-5;;;. The van der Waals surface area contributed by atoms with Crippen molar-refractivity contribution in [3.8, 4) is 0 Å². The summed E-state index contributed by atoms with van der Waals surface area (Å²) in [5.41, 5.74) is 3.19. The van der Waals surface area contributed by atoms with Gasteiger partial charge in [-0.1, -0.05) is 52.4 Å². The van der Waals surface area contributed by atoms with Crippen LogP contribution in [-0.4, -0.2) is 0 Å². The summed E-state index contributed by atoms with van der Waals surface area (Å²) in [7, 11) is 0. The minimum absolute atomic E-state index is 0. The van der Waals surface area contributed by atoms with E-state index >= 15 is 0 Å². The molecule has 0 radical (unpaired) electrons. The smallest absolute Gasteiger partial charge is 0 e. The average molecular weight is 407 g/mol. The molecule has 0 heterocycles. The van der Waals surface area contributed by atoms with Crippen molar-refractivity contribution in [3.63, 3.8) is 0 Å². The van der Waals surface area contributed by atoms with Crippen LogP contribution in [0, 0.1) is 0 Å². The van der Waals surface area contributed by atoms with Crippen LogP contribution in [0.5, 0.6) is 0 Å². The van der Waals surface area contributed by atoms with E-state index in [2.05, 4.69) is 32.0 Å². The molecule has 0 atom stereocenters. The Labute approximate surface area is 162 Å². The average Bonchev–Trinajstić information content (AvgIpc) is 3.07. The van der Waals surface area contributed by atoms with Gasteiger partial charge in [-0.15, -0.1) is 24.8 Å². The first-order valence-electron chi connectivity index (χ1n) is 7.28. The van der Waals surface area contributed by atoms with E-state index in [1.807, 2.05) is 30.3 Å². The predicted molar refractivity (Wildman–Crippen MR) is 95.8 cm³/mol. The van der Waals surface area contributed by atoms with Crippen LogP contribution in [0.3, 0.4) is 0 Å². The van der Waals surface area contributed by atoms with Crippen LogP contribution in [0.15, 0.2) is 48.5 Å². The molecule has 2 aromatic rings. The molecule has 2 aromatic carbocycles. The number of hydrogen-bond donors (Lipinski definition) is 0. The number of halogens is 2. The first-order valence-corrected chi connectivity index (χ1v) is 7.28. The topological polar surface area (TPSA) is 0 Å². The maximum atomic E-state index is 2.29. The molecule has 0 bridgehead atoms. The molecular weight excluding hydrogens is 378 g/mol. The van der Waals surface area contributed by atoms with E-state index in [0.29, 0.717) is 0 Å². The summed E-state index contributed by atoms with van der Waals surface area (Å²) >= 11 is 0. The second kappa shape index (κ2) is 18.2. The third-order valence-corrected chi connectivity index (χ3v) is 3.16. The predicted octanol–water partition coefficient (Wildman–Crippen LogP) is 6.34. The zero-order valence-electron chi connectivity index (χ0n) is 13.2. The SMILES string of the molecule is CCCCc1ccc[c-]1CCCC.Cl.Cl.[Zr].[cH-]1[cH-][cH-][cH-][cH-]1. The zero-order valence-corrected chi connectivity index (χ0v) is 17.3. The Morgan fingerprint density at radius 2 is 1.43 bits per heavy atom. The largest absolute Gasteiger partial charge is 0.748 e. The molecule has 0 spiro atoms. The van der Waals surface area contributed by atoms with Gasteiger partial charge in [0.05, 0.1) is 0 Å². The molecule has 3 heteroatoms. The zero-order chi connectivity index (χ0) is 13.1. The van der Waals surface area contributed by atoms with Crippen LogP contribution < -0.4 is 0 Å². The van der Waals surface area contributed by atoms with Crippen molar-refractivity contribution in [2.75, 3.05) is 0 Å². The normalized spacial score (nSPS) is 8.48. The van der Waals surface area contributed by atoms with E-state index in [1.54, 1.807) is 11.1 Å². The van der Waals surface area contributed by atoms with E-state index in [9.17, 15) is 0 Å². The molecule has 21 heavy (non-hydrogen) atoms. The molecule has 0 N–H and O–H groups in total. The van der Waals surface area contributed by atoms with Crippen molar-refractivity contribution in [3.05, 3.63) is 59.7 Å². The fourth-order valence-electron chi connectivity index (χ4n) is 2.04. The Kier molecular flexibility index (Phi) is 22.6. The van der Waals surface area contributed by atoms with Crippen molar-refractivity contribution in [2.45, 2.75) is 52.4 Å². The van der Waals surface area contributed by atoms with Crippen molar-refractivity contribution >= 4 is 24.8 Å². The van der Waals surface area contributed by atoms with Crippen LogP contribution in [0.2, 0.25) is 0 Å². The van der Waals surface area contributed by atoms with Crippen LogP contribution in [0.25, 0.3) is 0 Å². The number of hydrogen-bond acceptors (Lipinski definition) is 0. The van der Waals surface area contributed by atoms with Gasteiger partial charge < -0.3 is 30.3 Å². The Morgan fingerprint density at radius 3 is 1.90 bits per heavy atom. The van der Waals surface area contributed by atoms with E-state index in [4.69, 9.17) is 0 Å². The number of aryl methyl sites for hydroxylation is 2. The molecule has 0 aliphatic rings. The summed E-state index contributed by atoms with van der Waals surface area (Å²) in [6, 6.07) is 16.8. The minimum Gasteiger partial charge on any atom is -0.748 e. The van der Waals surface area contributed by atoms with Crippen molar-refractivity contribution in [1.82, 2.24) is 0 Å². The van der Waals surface area contributed by atoms with Gasteiger partial charge in [0.2, 0.25) is 0 Å². The van der Waals surface area contributed by atoms with E-state index in [0.717, 1.165) is 0 Å². The fraction of sp³-hybridized carbons (Fsp3) is 0.444. The van der Waals surface area contributed by atoms with Gasteiger partial charge in [0.25, 0.3) is 0 Å². The third-order valence-electron chi connectivity index (χ3n) is 3.16. The summed E-state index contributed by atoms with van der Waals surface area (Å²) in [6.45, 7) is 4.52. The molecule has 2 rings (SSSR count). The molecule has 0 aliphatic heterocycles. The summed E-state index contributed by atoms with van der Waals surface area (Å²) in [5, 5.41) is 0. The maximum Gasteiger partial charge on any atom is 0 e. The quantitative estimate of drug-likeness (QED) is 0.491. The van der Waals surface area contributed by atoms with Gasteiger partial charge in [0.15, 0.2) is 0 Å². The van der Waals surface area contributed by atoms with Gasteiger partial charge in [0, 0.05) is 26.2 Å². The van der Waals surface area contributed by atoms with E-state index in [-0.39, 0.29) is 51.0 Å². The molecule has 0 saturated carbocycles. The summed E-state index contributed by atoms with van der Waals surface area (Å²) in [6.07, 6.45) is 7.84. The second-order valence-corrected chi connectivity index (χ2v) is 4.75. The molecule has 0 nitrogen and oxygen atoms in total. The Morgan fingerprint density at radius 1 is 0.905 bits per heavy atom. The Hall–Kier alpha value is 0.163. The third kappa shape index (κ3) is 12.4. The molecule has 0 aliphatic carbocycles. The molecule has 0 amide bonds. The molecule has 0 fully saturated rings. The summed E-state index contributed by atoms with van der Waals surface area (Å²) in [4.78, 5) is 0. The minimum atomic E-state index is 0. The monoisotopic (exact) mass is 404 g/mol. The van der Waals surface area contributed by atoms with Crippen LogP contribution in [0.1, 0.15) is 50.7 Å². The van der Waals surface area contributed by atoms with Crippen molar-refractivity contribution < 1.29 is 26.2 Å². The fourth-order valence-corrected chi connectivity index (χ4v) is 2.04. The molecule has 124 valence electrons. The van der Waals surface area contributed by atoms with Gasteiger partial charge in [-0.05, 0) is 0 Å². The van der Waals surface area contributed by atoms with E-state index in [1.165, 1.54) is 38.5 Å². The van der Waals surface area contributed by atoms with Gasteiger partial charge in [-0.2, -0.15) is 17.2 Å².